The molecule has 0 radical (unpaired) electrons. The number of aromatic nitrogens is 7. The van der Waals surface area contributed by atoms with Crippen molar-refractivity contribution >= 4 is 52.7 Å². The molecule has 0 aliphatic carbocycles. The maximum atomic E-state index is 13.8. The molecule has 0 atom stereocenters. The third-order valence-corrected chi connectivity index (χ3v) is 11.6. The number of amides is 4. The minimum Gasteiger partial charge on any atom is -0.440 e. The van der Waals surface area contributed by atoms with Gasteiger partial charge < -0.3 is 40.0 Å². The first kappa shape index (κ1) is 46.5. The van der Waals surface area contributed by atoms with E-state index in [1.54, 1.807) is 73.1 Å². The summed E-state index contributed by atoms with van der Waals surface area (Å²) in [4.78, 5) is 78.7. The van der Waals surface area contributed by atoms with Crippen molar-refractivity contribution in [1.82, 2.24) is 34.9 Å². The molecule has 4 amide bonds. The molecule has 3 N–H and O–H groups in total. The minimum atomic E-state index is -0.690. The Morgan fingerprint density at radius 3 is 1.38 bits per heavy atom. The van der Waals surface area contributed by atoms with E-state index in [4.69, 9.17) is 44.1 Å². The van der Waals surface area contributed by atoms with E-state index in [0.717, 1.165) is 16.7 Å². The molecule has 0 spiro atoms. The second-order valence-corrected chi connectivity index (χ2v) is 16.4. The molecule has 2 fully saturated rings. The van der Waals surface area contributed by atoms with Gasteiger partial charge >= 0.3 is 18.0 Å². The number of carbonyl (C=O) groups excluding carboxylic acids is 3. The summed E-state index contributed by atoms with van der Waals surface area (Å²) in [5.74, 6) is 2.47. The fourth-order valence-electron chi connectivity index (χ4n) is 7.79. The maximum Gasteiger partial charge on any atom is 0.339 e. The van der Waals surface area contributed by atoms with Crippen LogP contribution in [0, 0.1) is 0 Å². The van der Waals surface area contributed by atoms with Crippen molar-refractivity contribution in [3.05, 3.63) is 164 Å². The van der Waals surface area contributed by atoms with Crippen LogP contribution in [0.2, 0.25) is 0 Å². The molecule has 10 rings (SSSR count). The van der Waals surface area contributed by atoms with Crippen molar-refractivity contribution in [1.29, 1.82) is 0 Å². The zero-order valence-electron chi connectivity index (χ0n) is 38.8. The summed E-state index contributed by atoms with van der Waals surface area (Å²) in [6.07, 6.45) is 3.11. The highest BCUT2D eigenvalue weighted by Crippen LogP contribution is 2.28. The number of urea groups is 2. The van der Waals surface area contributed by atoms with Crippen LogP contribution < -0.4 is 30.7 Å². The largest absolute Gasteiger partial charge is 0.440 e. The summed E-state index contributed by atoms with van der Waals surface area (Å²) >= 11 is 0. The van der Waals surface area contributed by atoms with E-state index in [1.807, 2.05) is 72.8 Å². The molecule has 8 aromatic rings. The minimum absolute atomic E-state index is 0.201. The Morgan fingerprint density at radius 2 is 0.903 bits per heavy atom. The Hall–Kier alpha value is -9.20. The lowest BCUT2D eigenvalue weighted by molar-refractivity contribution is 0.0513. The number of morpholine rings is 2. The topological polar surface area (TPSA) is 215 Å². The van der Waals surface area contributed by atoms with Crippen LogP contribution in [0.15, 0.2) is 158 Å². The Bertz CT molecular complexity index is 3130. The number of rotatable bonds is 13. The van der Waals surface area contributed by atoms with Gasteiger partial charge in [0.25, 0.3) is 0 Å². The van der Waals surface area contributed by atoms with Gasteiger partial charge in [-0.15, -0.1) is 0 Å². The highest BCUT2D eigenvalue weighted by atomic mass is 16.5. The molecule has 5 heterocycles. The van der Waals surface area contributed by atoms with E-state index in [-0.39, 0.29) is 5.56 Å². The lowest BCUT2D eigenvalue weighted by Crippen LogP contribution is -2.37. The Labute approximate surface area is 413 Å². The van der Waals surface area contributed by atoms with Crippen molar-refractivity contribution in [3.63, 3.8) is 0 Å². The highest BCUT2D eigenvalue weighted by Gasteiger charge is 2.23. The lowest BCUT2D eigenvalue weighted by Gasteiger charge is -2.27. The number of hydrogen-bond acceptors (Lipinski definition) is 15. The molecule has 19 nitrogen and oxygen atoms in total. The van der Waals surface area contributed by atoms with Crippen molar-refractivity contribution in [2.24, 2.45) is 0 Å². The summed E-state index contributed by atoms with van der Waals surface area (Å²) in [7, 11) is 0. The number of nitrogens with zero attached hydrogens (tertiary/aromatic N) is 10. The molecule has 72 heavy (non-hydrogen) atoms. The van der Waals surface area contributed by atoms with E-state index in [2.05, 4.69) is 30.7 Å². The predicted octanol–water partition coefficient (Wildman–Crippen LogP) is 8.29. The van der Waals surface area contributed by atoms with Crippen LogP contribution in [0.4, 0.5) is 44.2 Å². The van der Waals surface area contributed by atoms with Crippen molar-refractivity contribution in [3.8, 4) is 45.6 Å². The first-order chi connectivity index (χ1) is 35.4. The van der Waals surface area contributed by atoms with Crippen molar-refractivity contribution < 1.29 is 28.6 Å². The van der Waals surface area contributed by atoms with Crippen LogP contribution >= 0.6 is 0 Å². The van der Waals surface area contributed by atoms with Gasteiger partial charge in [-0.1, -0.05) is 60.7 Å². The SMILES string of the molecule is O=C(Nc1ccc(C(=O)OCN(C(=O)Nc2ccncc2)c2ccc(-c3nc(-c4ccccc4)nc(N4CCOCC4)n3)cc2)cc1)Nc1ccc(-c2nc(-c3ccccc3)nc(N3CCOCC3)n2)cc1. The number of hydrogen-bond donors (Lipinski definition) is 3. The van der Waals surface area contributed by atoms with Gasteiger partial charge in [-0.2, -0.15) is 19.9 Å². The number of carbonyl (C=O) groups is 3. The van der Waals surface area contributed by atoms with Gasteiger partial charge in [0.2, 0.25) is 11.9 Å². The molecule has 2 aliphatic rings. The number of benzene rings is 5. The normalized spacial score (nSPS) is 13.4. The van der Waals surface area contributed by atoms with E-state index in [1.165, 1.54) is 17.0 Å². The fourth-order valence-corrected chi connectivity index (χ4v) is 7.79. The summed E-state index contributed by atoms with van der Waals surface area (Å²) in [6.45, 7) is 4.52. The summed E-state index contributed by atoms with van der Waals surface area (Å²) < 4.78 is 16.8. The molecule has 3 aromatic heterocycles. The van der Waals surface area contributed by atoms with Gasteiger partial charge in [-0.3, -0.25) is 9.88 Å². The van der Waals surface area contributed by atoms with E-state index < -0.39 is 24.8 Å². The third-order valence-electron chi connectivity index (χ3n) is 11.6. The average Bonchev–Trinajstić information content (AvgIpc) is 3.44. The van der Waals surface area contributed by atoms with Crippen LogP contribution in [-0.4, -0.2) is 112 Å². The van der Waals surface area contributed by atoms with Crippen LogP contribution in [0.3, 0.4) is 0 Å². The molecule has 5 aromatic carbocycles. The van der Waals surface area contributed by atoms with Crippen molar-refractivity contribution in [2.45, 2.75) is 0 Å². The van der Waals surface area contributed by atoms with Crippen LogP contribution in [0.5, 0.6) is 0 Å². The molecule has 0 unspecified atom stereocenters. The monoisotopic (exact) mass is 961 g/mol. The summed E-state index contributed by atoms with van der Waals surface area (Å²) in [6, 6.07) is 42.2. The Morgan fingerprint density at radius 1 is 0.486 bits per heavy atom. The highest BCUT2D eigenvalue weighted by molar-refractivity contribution is 6.02. The smallest absolute Gasteiger partial charge is 0.339 e. The van der Waals surface area contributed by atoms with Crippen LogP contribution in [0.1, 0.15) is 10.4 Å². The summed E-state index contributed by atoms with van der Waals surface area (Å²) in [5.41, 5.74) is 5.25. The lowest BCUT2D eigenvalue weighted by atomic mass is 10.1. The van der Waals surface area contributed by atoms with Gasteiger partial charge in [-0.05, 0) is 84.9 Å². The van der Waals surface area contributed by atoms with E-state index in [9.17, 15) is 14.4 Å². The number of pyridine rings is 1. The molecular weight excluding hydrogens is 915 g/mol. The van der Waals surface area contributed by atoms with Gasteiger partial charge in [0, 0.05) is 83.6 Å². The third kappa shape index (κ3) is 11.5. The Balaban J connectivity index is 0.794. The maximum absolute atomic E-state index is 13.8. The van der Waals surface area contributed by atoms with Gasteiger partial charge in [0.1, 0.15) is 0 Å². The average molecular weight is 962 g/mol. The second kappa shape index (κ2) is 22.0. The molecule has 19 heteroatoms. The molecule has 0 bridgehead atoms. The van der Waals surface area contributed by atoms with E-state index in [0.29, 0.717) is 116 Å². The van der Waals surface area contributed by atoms with E-state index >= 15 is 0 Å². The van der Waals surface area contributed by atoms with Gasteiger partial charge in [-0.25, -0.2) is 24.4 Å². The number of nitrogens with one attached hydrogen (secondary N) is 3. The van der Waals surface area contributed by atoms with Crippen LogP contribution in [0.25, 0.3) is 45.6 Å². The second-order valence-electron chi connectivity index (χ2n) is 16.4. The standard InChI is InChI=1S/C53H47N13O6/c67-49(40-13-19-42(20-14-40)56-52(68)55-41-17-11-38(12-18-41)47-58-45(36-7-3-1-4-8-36)60-50(62-47)64-27-31-70-32-28-64)72-35-66(53(69)57-43-23-25-54-26-24-43)44-21-15-39(16-22-44)48-59-46(37-9-5-2-6-10-37)61-51(63-48)65-29-33-71-34-30-65/h1-26H,27-35H2,(H,54,57,69)(H2,55,56,68). The van der Waals surface area contributed by atoms with Gasteiger partial charge in [0.15, 0.2) is 30.0 Å². The van der Waals surface area contributed by atoms with Crippen LogP contribution in [-0.2, 0) is 14.2 Å². The first-order valence-corrected chi connectivity index (χ1v) is 23.2. The molecule has 2 saturated heterocycles. The number of anilines is 6. The molecule has 2 aliphatic heterocycles. The van der Waals surface area contributed by atoms with Gasteiger partial charge in [0.05, 0.1) is 32.0 Å². The number of esters is 1. The quantitative estimate of drug-likeness (QED) is 0.0732. The van der Waals surface area contributed by atoms with Crippen molar-refractivity contribution in [2.75, 3.05) is 90.0 Å². The first-order valence-electron chi connectivity index (χ1n) is 23.2. The zero-order valence-corrected chi connectivity index (χ0v) is 38.8. The molecule has 0 saturated carbocycles. The fraction of sp³-hybridized carbons (Fsp3) is 0.170. The molecule has 360 valence electrons. The zero-order chi connectivity index (χ0) is 49.1. The predicted molar refractivity (Wildman–Crippen MR) is 273 cm³/mol. The summed E-state index contributed by atoms with van der Waals surface area (Å²) in [5, 5.41) is 8.48. The molecular formula is C53H47N13O6. The Kier molecular flexibility index (Phi) is 14.2. The number of ether oxygens (including phenoxy) is 3.